The van der Waals surface area contributed by atoms with Gasteiger partial charge in [0.25, 0.3) is 0 Å². The van der Waals surface area contributed by atoms with Crippen molar-refractivity contribution in [1.29, 1.82) is 0 Å². The first-order chi connectivity index (χ1) is 9.92. The van der Waals surface area contributed by atoms with Crippen molar-refractivity contribution in [2.24, 2.45) is 0 Å². The van der Waals surface area contributed by atoms with Crippen LogP contribution in [0.1, 0.15) is 10.4 Å². The average molecular weight is 333 g/mol. The molecule has 2 N–H and O–H groups in total. The van der Waals surface area contributed by atoms with Crippen LogP contribution in [-0.2, 0) is 21.3 Å². The molecule has 21 heavy (non-hydrogen) atoms. The van der Waals surface area contributed by atoms with Crippen LogP contribution in [0.15, 0.2) is 10.3 Å². The number of aryl methyl sites for hydroxylation is 1. The molecule has 1 aromatic heterocycles. The van der Waals surface area contributed by atoms with E-state index >= 15 is 0 Å². The van der Waals surface area contributed by atoms with Gasteiger partial charge in [0, 0.05) is 31.1 Å². The molecule has 120 valence electrons. The van der Waals surface area contributed by atoms with Gasteiger partial charge in [-0.25, -0.2) is 13.1 Å². The van der Waals surface area contributed by atoms with Crippen LogP contribution in [0, 0.1) is 6.92 Å². The minimum Gasteiger partial charge on any atom is -0.374 e. The first-order valence-corrected chi connectivity index (χ1v) is 9.26. The Morgan fingerprint density at radius 1 is 1.52 bits per heavy atom. The second kappa shape index (κ2) is 7.17. The summed E-state index contributed by atoms with van der Waals surface area (Å²) < 4.78 is 33.3. The largest absolute Gasteiger partial charge is 0.374 e. The zero-order valence-corrected chi connectivity index (χ0v) is 14.3. The number of morpholine rings is 1. The van der Waals surface area contributed by atoms with E-state index in [4.69, 9.17) is 4.74 Å². The Balaban J connectivity index is 1.99. The summed E-state index contributed by atoms with van der Waals surface area (Å²) in [6.07, 6.45) is -0.0867. The number of thiophene rings is 1. The molecule has 0 radical (unpaired) electrons. The molecule has 2 rings (SSSR count). The number of nitrogens with zero attached hydrogens (tertiary/aromatic N) is 1. The lowest BCUT2D eigenvalue weighted by Gasteiger charge is -2.29. The van der Waals surface area contributed by atoms with E-state index in [9.17, 15) is 8.42 Å². The molecule has 0 spiro atoms. The molecular formula is C13H23N3O3S2. The van der Waals surface area contributed by atoms with Gasteiger partial charge in [0.05, 0.1) is 12.7 Å². The van der Waals surface area contributed by atoms with Crippen LogP contribution in [0.4, 0.5) is 0 Å². The molecule has 2 heterocycles. The third-order valence-electron chi connectivity index (χ3n) is 3.44. The Labute approximate surface area is 130 Å². The van der Waals surface area contributed by atoms with Crippen LogP contribution in [0.25, 0.3) is 0 Å². The van der Waals surface area contributed by atoms with Crippen molar-refractivity contribution in [3.05, 3.63) is 16.5 Å². The number of hydrogen-bond donors (Lipinski definition) is 2. The van der Waals surface area contributed by atoms with Crippen LogP contribution < -0.4 is 10.0 Å². The number of ether oxygens (including phenoxy) is 1. The summed E-state index contributed by atoms with van der Waals surface area (Å²) in [6, 6.07) is 1.73. The molecule has 1 aromatic rings. The van der Waals surface area contributed by atoms with Crippen LogP contribution in [0.2, 0.25) is 0 Å². The molecule has 1 unspecified atom stereocenters. The zero-order chi connectivity index (χ0) is 15.5. The molecule has 1 fully saturated rings. The number of sulfonamides is 1. The highest BCUT2D eigenvalue weighted by atomic mass is 32.2. The second-order valence-corrected chi connectivity index (χ2v) is 8.44. The predicted molar refractivity (Wildman–Crippen MR) is 84.2 cm³/mol. The normalized spacial score (nSPS) is 20.8. The molecule has 8 heteroatoms. The topological polar surface area (TPSA) is 70.7 Å². The summed E-state index contributed by atoms with van der Waals surface area (Å²) in [7, 11) is 0.405. The van der Waals surface area contributed by atoms with Crippen molar-refractivity contribution in [2.45, 2.75) is 23.8 Å². The van der Waals surface area contributed by atoms with Crippen molar-refractivity contribution in [2.75, 3.05) is 40.3 Å². The minimum absolute atomic E-state index is 0.0867. The fraction of sp³-hybridized carbons (Fsp3) is 0.692. The van der Waals surface area contributed by atoms with Crippen molar-refractivity contribution < 1.29 is 13.2 Å². The Kier molecular flexibility index (Phi) is 5.75. The predicted octanol–water partition coefficient (Wildman–Crippen LogP) is 0.385. The summed E-state index contributed by atoms with van der Waals surface area (Å²) in [6.45, 7) is 5.21. The van der Waals surface area contributed by atoms with Gasteiger partial charge >= 0.3 is 0 Å². The number of nitrogens with one attached hydrogen (secondary N) is 2. The smallest absolute Gasteiger partial charge is 0.250 e. The van der Waals surface area contributed by atoms with E-state index in [0.29, 0.717) is 23.9 Å². The lowest BCUT2D eigenvalue weighted by Crippen LogP contribution is -2.45. The van der Waals surface area contributed by atoms with Gasteiger partial charge in [0.15, 0.2) is 0 Å². The first-order valence-electron chi connectivity index (χ1n) is 6.96. The molecule has 0 bridgehead atoms. The molecular weight excluding hydrogens is 310 g/mol. The summed E-state index contributed by atoms with van der Waals surface area (Å²) in [5, 5.41) is 3.05. The van der Waals surface area contributed by atoms with Gasteiger partial charge in [-0.05, 0) is 32.6 Å². The summed E-state index contributed by atoms with van der Waals surface area (Å²) in [4.78, 5) is 3.19. The molecule has 0 amide bonds. The maximum Gasteiger partial charge on any atom is 0.250 e. The maximum atomic E-state index is 12.3. The standard InChI is InChI=1S/C13H23N3O3S2/c1-10-6-13(20-12(10)8-14-2)21(17,18)15-7-11-9-16(3)4-5-19-11/h6,11,14-15H,4-5,7-9H2,1-3H3. The molecule has 0 aromatic carbocycles. The number of hydrogen-bond acceptors (Lipinski definition) is 6. The third-order valence-corrected chi connectivity index (χ3v) is 6.58. The van der Waals surface area contributed by atoms with Gasteiger partial charge in [-0.3, -0.25) is 0 Å². The SMILES string of the molecule is CNCc1sc(S(=O)(=O)NCC2CN(C)CCO2)cc1C. The summed E-state index contributed by atoms with van der Waals surface area (Å²) >= 11 is 1.31. The van der Waals surface area contributed by atoms with Gasteiger partial charge < -0.3 is 15.0 Å². The van der Waals surface area contributed by atoms with E-state index in [1.165, 1.54) is 11.3 Å². The molecule has 1 atom stereocenters. The second-order valence-electron chi connectivity index (χ2n) is 5.31. The quantitative estimate of drug-likeness (QED) is 0.788. The van der Waals surface area contributed by atoms with Gasteiger partial charge in [-0.1, -0.05) is 0 Å². The molecule has 0 saturated carbocycles. The van der Waals surface area contributed by atoms with Gasteiger partial charge in [-0.15, -0.1) is 11.3 Å². The Bertz CT molecular complexity index is 571. The minimum atomic E-state index is -3.45. The van der Waals surface area contributed by atoms with Crippen LogP contribution in [0.3, 0.4) is 0 Å². The van der Waals surface area contributed by atoms with Gasteiger partial charge in [-0.2, -0.15) is 0 Å². The van der Waals surface area contributed by atoms with Crippen molar-refractivity contribution >= 4 is 21.4 Å². The third kappa shape index (κ3) is 4.48. The van der Waals surface area contributed by atoms with Gasteiger partial charge in [0.1, 0.15) is 4.21 Å². The van der Waals surface area contributed by atoms with E-state index in [2.05, 4.69) is 14.9 Å². The van der Waals surface area contributed by atoms with Crippen molar-refractivity contribution in [3.8, 4) is 0 Å². The summed E-state index contributed by atoms with van der Waals surface area (Å²) in [5.74, 6) is 0. The van der Waals surface area contributed by atoms with Gasteiger partial charge in [0.2, 0.25) is 10.0 Å². The highest BCUT2D eigenvalue weighted by Crippen LogP contribution is 2.25. The van der Waals surface area contributed by atoms with E-state index in [1.807, 2.05) is 21.0 Å². The van der Waals surface area contributed by atoms with Crippen LogP contribution >= 0.6 is 11.3 Å². The molecule has 6 nitrogen and oxygen atoms in total. The number of likely N-dealkylation sites (N-methyl/N-ethyl adjacent to an activating group) is 1. The van der Waals surface area contributed by atoms with Crippen LogP contribution in [-0.4, -0.2) is 59.8 Å². The van der Waals surface area contributed by atoms with E-state index < -0.39 is 10.0 Å². The fourth-order valence-corrected chi connectivity index (χ4v) is 4.93. The van der Waals surface area contributed by atoms with E-state index in [1.54, 1.807) is 6.07 Å². The number of rotatable bonds is 6. The van der Waals surface area contributed by atoms with E-state index in [-0.39, 0.29) is 6.10 Å². The lowest BCUT2D eigenvalue weighted by atomic mass is 10.3. The zero-order valence-electron chi connectivity index (χ0n) is 12.7. The first kappa shape index (κ1) is 16.9. The average Bonchev–Trinajstić information content (AvgIpc) is 2.80. The Hall–Kier alpha value is -0.510. The lowest BCUT2D eigenvalue weighted by molar-refractivity contribution is -0.0156. The molecule has 1 saturated heterocycles. The highest BCUT2D eigenvalue weighted by Gasteiger charge is 2.23. The highest BCUT2D eigenvalue weighted by molar-refractivity contribution is 7.91. The Morgan fingerprint density at radius 3 is 2.95 bits per heavy atom. The van der Waals surface area contributed by atoms with Crippen molar-refractivity contribution in [3.63, 3.8) is 0 Å². The van der Waals surface area contributed by atoms with Crippen LogP contribution in [0.5, 0.6) is 0 Å². The molecule has 1 aliphatic rings. The maximum absolute atomic E-state index is 12.3. The van der Waals surface area contributed by atoms with E-state index in [0.717, 1.165) is 23.5 Å². The van der Waals surface area contributed by atoms with Crippen molar-refractivity contribution in [1.82, 2.24) is 14.9 Å². The molecule has 1 aliphatic heterocycles. The fourth-order valence-electron chi connectivity index (χ4n) is 2.22. The molecule has 0 aliphatic carbocycles. The monoisotopic (exact) mass is 333 g/mol. The summed E-state index contributed by atoms with van der Waals surface area (Å²) in [5.41, 5.74) is 1.00. The Morgan fingerprint density at radius 2 is 2.29 bits per heavy atom.